The van der Waals surface area contributed by atoms with Gasteiger partial charge in [0.15, 0.2) is 0 Å². The summed E-state index contributed by atoms with van der Waals surface area (Å²) in [7, 11) is -1.99. The highest BCUT2D eigenvalue weighted by Gasteiger charge is 2.24. The van der Waals surface area contributed by atoms with E-state index in [0.29, 0.717) is 0 Å². The van der Waals surface area contributed by atoms with Crippen LogP contribution >= 0.6 is 12.2 Å². The van der Waals surface area contributed by atoms with E-state index in [1.54, 1.807) is 0 Å². The lowest BCUT2D eigenvalue weighted by molar-refractivity contribution is -0.123. The number of hydrogen-bond donors (Lipinski definition) is 3. The number of rotatable bonds is 7. The highest BCUT2D eigenvalue weighted by atomic mass is 32.2. The van der Waals surface area contributed by atoms with Gasteiger partial charge in [0.2, 0.25) is 15.9 Å². The summed E-state index contributed by atoms with van der Waals surface area (Å²) in [4.78, 5) is 11.8. The van der Waals surface area contributed by atoms with Crippen LogP contribution in [-0.2, 0) is 14.8 Å². The first-order valence-electron chi connectivity index (χ1n) is 5.19. The van der Waals surface area contributed by atoms with Crippen LogP contribution in [0.3, 0.4) is 0 Å². The summed E-state index contributed by atoms with van der Waals surface area (Å²) in [6.07, 6.45) is 0. The molecule has 0 heterocycles. The minimum atomic E-state index is -3.31. The molecule has 0 aliphatic rings. The maximum Gasteiger partial charge on any atom is 0.230 e. The van der Waals surface area contributed by atoms with Gasteiger partial charge in [0, 0.05) is 6.54 Å². The summed E-state index contributed by atoms with van der Waals surface area (Å²) in [6, 6.07) is 0. The Hall–Kier alpha value is -0.730. The second-order valence-electron chi connectivity index (χ2n) is 3.94. The van der Waals surface area contributed by atoms with E-state index in [9.17, 15) is 13.2 Å². The van der Waals surface area contributed by atoms with Crippen LogP contribution in [0.2, 0.25) is 0 Å². The van der Waals surface area contributed by atoms with Crippen molar-refractivity contribution in [2.24, 2.45) is 17.6 Å². The normalized spacial score (nSPS) is 13.4. The molecule has 0 bridgehead atoms. The van der Waals surface area contributed by atoms with Gasteiger partial charge >= 0.3 is 0 Å². The standard InChI is InChI=1S/C9H19N3O3S2/c1-6(2)7(8(10)16)9(13)12-4-5-17(14,15)11-3/h6-7,11H,4-5H2,1-3H3,(H2,10,16)(H,12,13). The highest BCUT2D eigenvalue weighted by molar-refractivity contribution is 7.89. The van der Waals surface area contributed by atoms with Gasteiger partial charge in [-0.3, -0.25) is 4.79 Å². The second-order valence-corrected chi connectivity index (χ2v) is 6.46. The number of nitrogens with one attached hydrogen (secondary N) is 2. The summed E-state index contributed by atoms with van der Waals surface area (Å²) >= 11 is 4.80. The highest BCUT2D eigenvalue weighted by Crippen LogP contribution is 2.11. The molecular formula is C9H19N3O3S2. The molecule has 1 atom stereocenters. The molecule has 0 fully saturated rings. The van der Waals surface area contributed by atoms with Crippen LogP contribution in [0.4, 0.5) is 0 Å². The first-order valence-corrected chi connectivity index (χ1v) is 7.25. The van der Waals surface area contributed by atoms with Crippen molar-refractivity contribution in [1.82, 2.24) is 10.0 Å². The van der Waals surface area contributed by atoms with Crippen LogP contribution in [-0.4, -0.2) is 38.7 Å². The number of carbonyl (C=O) groups excluding carboxylic acids is 1. The van der Waals surface area contributed by atoms with Gasteiger partial charge in [-0.15, -0.1) is 0 Å². The zero-order valence-corrected chi connectivity index (χ0v) is 11.8. The zero-order chi connectivity index (χ0) is 13.6. The summed E-state index contributed by atoms with van der Waals surface area (Å²) < 4.78 is 24.4. The molecule has 0 aromatic rings. The maximum absolute atomic E-state index is 11.7. The van der Waals surface area contributed by atoms with Gasteiger partial charge in [-0.25, -0.2) is 13.1 Å². The third kappa shape index (κ3) is 5.94. The van der Waals surface area contributed by atoms with Crippen molar-refractivity contribution in [3.8, 4) is 0 Å². The van der Waals surface area contributed by atoms with E-state index in [1.807, 2.05) is 13.8 Å². The monoisotopic (exact) mass is 281 g/mol. The van der Waals surface area contributed by atoms with E-state index in [2.05, 4.69) is 10.0 Å². The first-order chi connectivity index (χ1) is 7.71. The smallest absolute Gasteiger partial charge is 0.230 e. The molecular weight excluding hydrogens is 262 g/mol. The molecule has 0 radical (unpaired) electrons. The Morgan fingerprint density at radius 2 is 1.94 bits per heavy atom. The predicted molar refractivity (Wildman–Crippen MR) is 71.0 cm³/mol. The Labute approximate surface area is 107 Å². The largest absolute Gasteiger partial charge is 0.393 e. The Morgan fingerprint density at radius 1 is 1.41 bits per heavy atom. The predicted octanol–water partition coefficient (Wildman–Crippen LogP) is -0.790. The van der Waals surface area contributed by atoms with Gasteiger partial charge in [-0.1, -0.05) is 26.1 Å². The van der Waals surface area contributed by atoms with Crippen molar-refractivity contribution in [2.45, 2.75) is 13.8 Å². The molecule has 100 valence electrons. The molecule has 0 saturated carbocycles. The third-order valence-electron chi connectivity index (χ3n) is 2.24. The van der Waals surface area contributed by atoms with Crippen LogP contribution in [0.15, 0.2) is 0 Å². The van der Waals surface area contributed by atoms with Gasteiger partial charge in [0.1, 0.15) is 0 Å². The fourth-order valence-corrected chi connectivity index (χ4v) is 2.24. The minimum Gasteiger partial charge on any atom is -0.393 e. The Bertz CT molecular complexity index is 379. The molecule has 1 amide bonds. The fraction of sp³-hybridized carbons (Fsp3) is 0.778. The lowest BCUT2D eigenvalue weighted by Gasteiger charge is -2.18. The van der Waals surface area contributed by atoms with Gasteiger partial charge in [-0.05, 0) is 13.0 Å². The van der Waals surface area contributed by atoms with Crippen LogP contribution in [0.1, 0.15) is 13.8 Å². The summed E-state index contributed by atoms with van der Waals surface area (Å²) in [5, 5.41) is 2.51. The Balaban J connectivity index is 4.31. The molecule has 1 unspecified atom stereocenters. The number of sulfonamides is 1. The van der Waals surface area contributed by atoms with Crippen LogP contribution in [0.5, 0.6) is 0 Å². The van der Waals surface area contributed by atoms with Gasteiger partial charge in [0.25, 0.3) is 0 Å². The van der Waals surface area contributed by atoms with Crippen molar-refractivity contribution >= 4 is 33.1 Å². The lowest BCUT2D eigenvalue weighted by Crippen LogP contribution is -2.42. The van der Waals surface area contributed by atoms with Gasteiger partial charge < -0.3 is 11.1 Å². The minimum absolute atomic E-state index is 0.0200. The molecule has 0 saturated heterocycles. The van der Waals surface area contributed by atoms with Crippen LogP contribution < -0.4 is 15.8 Å². The Kier molecular flexibility index (Phi) is 6.58. The van der Waals surface area contributed by atoms with Crippen molar-refractivity contribution in [1.29, 1.82) is 0 Å². The third-order valence-corrected chi connectivity index (χ3v) is 3.85. The number of nitrogens with two attached hydrogens (primary N) is 1. The number of hydrogen-bond acceptors (Lipinski definition) is 4. The van der Waals surface area contributed by atoms with E-state index in [-0.39, 0.29) is 29.1 Å². The quantitative estimate of drug-likeness (QED) is 0.531. The molecule has 8 heteroatoms. The van der Waals surface area contributed by atoms with E-state index in [0.717, 1.165) is 0 Å². The van der Waals surface area contributed by atoms with E-state index < -0.39 is 15.9 Å². The molecule has 0 aromatic carbocycles. The second kappa shape index (κ2) is 6.87. The van der Waals surface area contributed by atoms with Gasteiger partial charge in [0.05, 0.1) is 16.7 Å². The number of carbonyl (C=O) groups is 1. The topological polar surface area (TPSA) is 101 Å². The van der Waals surface area contributed by atoms with E-state index in [1.165, 1.54) is 7.05 Å². The molecule has 0 aliphatic heterocycles. The summed E-state index contributed by atoms with van der Waals surface area (Å²) in [5.41, 5.74) is 5.46. The molecule has 0 aliphatic carbocycles. The number of thiocarbonyl (C=S) groups is 1. The van der Waals surface area contributed by atoms with Crippen LogP contribution in [0.25, 0.3) is 0 Å². The molecule has 4 N–H and O–H groups in total. The average Bonchev–Trinajstić information content (AvgIpc) is 2.16. The first kappa shape index (κ1) is 16.3. The zero-order valence-electron chi connectivity index (χ0n) is 10.2. The summed E-state index contributed by atoms with van der Waals surface area (Å²) in [5.74, 6) is -1.09. The molecule has 0 aromatic heterocycles. The van der Waals surface area contributed by atoms with E-state index in [4.69, 9.17) is 18.0 Å². The lowest BCUT2D eigenvalue weighted by atomic mass is 9.95. The fourth-order valence-electron chi connectivity index (χ4n) is 1.28. The van der Waals surface area contributed by atoms with Gasteiger partial charge in [-0.2, -0.15) is 0 Å². The molecule has 6 nitrogen and oxygen atoms in total. The van der Waals surface area contributed by atoms with Crippen molar-refractivity contribution in [3.05, 3.63) is 0 Å². The molecule has 17 heavy (non-hydrogen) atoms. The van der Waals surface area contributed by atoms with E-state index >= 15 is 0 Å². The SMILES string of the molecule is CNS(=O)(=O)CCNC(=O)C(C(N)=S)C(C)C. The van der Waals surface area contributed by atoms with Crippen molar-refractivity contribution in [2.75, 3.05) is 19.3 Å². The summed E-state index contributed by atoms with van der Waals surface area (Å²) in [6.45, 7) is 3.69. The maximum atomic E-state index is 11.7. The average molecular weight is 281 g/mol. The van der Waals surface area contributed by atoms with Crippen molar-refractivity contribution in [3.63, 3.8) is 0 Å². The Morgan fingerprint density at radius 3 is 2.29 bits per heavy atom. The van der Waals surface area contributed by atoms with Crippen molar-refractivity contribution < 1.29 is 13.2 Å². The molecule has 0 rings (SSSR count). The molecule has 0 spiro atoms. The number of amides is 1. The van der Waals surface area contributed by atoms with Crippen LogP contribution in [0, 0.1) is 11.8 Å².